The number of rotatable bonds is 4. The second kappa shape index (κ2) is 5.21. The third-order valence-electron chi connectivity index (χ3n) is 2.34. The Balaban J connectivity index is 2.29. The predicted molar refractivity (Wildman–Crippen MR) is 68.4 cm³/mol. The van der Waals surface area contributed by atoms with Gasteiger partial charge in [0, 0.05) is 24.4 Å². The molecule has 0 amide bonds. The lowest BCUT2D eigenvalue weighted by Gasteiger charge is -2.07. The number of hydrogen-bond acceptors (Lipinski definition) is 6. The van der Waals surface area contributed by atoms with Gasteiger partial charge in [-0.2, -0.15) is 0 Å². The molecule has 0 saturated heterocycles. The Morgan fingerprint density at radius 3 is 2.63 bits per heavy atom. The van der Waals surface area contributed by atoms with E-state index < -0.39 is 4.92 Å². The van der Waals surface area contributed by atoms with E-state index >= 15 is 0 Å². The van der Waals surface area contributed by atoms with Crippen molar-refractivity contribution >= 4 is 11.5 Å². The molecule has 0 bridgehead atoms. The van der Waals surface area contributed by atoms with Crippen LogP contribution in [-0.4, -0.2) is 17.0 Å². The molecule has 0 spiro atoms. The molecular weight excluding hydrogens is 250 g/mol. The van der Waals surface area contributed by atoms with E-state index in [2.05, 4.69) is 4.98 Å². The van der Waals surface area contributed by atoms with Crippen molar-refractivity contribution in [2.24, 2.45) is 0 Å². The van der Waals surface area contributed by atoms with Gasteiger partial charge in [0.1, 0.15) is 17.3 Å². The summed E-state index contributed by atoms with van der Waals surface area (Å²) < 4.78 is 10.5. The van der Waals surface area contributed by atoms with Gasteiger partial charge in [0.25, 0.3) is 0 Å². The molecule has 0 aliphatic carbocycles. The van der Waals surface area contributed by atoms with E-state index in [0.29, 0.717) is 17.3 Å². The van der Waals surface area contributed by atoms with Gasteiger partial charge in [-0.05, 0) is 12.1 Å². The Morgan fingerprint density at radius 1 is 1.26 bits per heavy atom. The maximum Gasteiger partial charge on any atom is 0.311 e. The van der Waals surface area contributed by atoms with Crippen LogP contribution in [0.2, 0.25) is 0 Å². The smallest absolute Gasteiger partial charge is 0.311 e. The first-order valence-electron chi connectivity index (χ1n) is 5.32. The van der Waals surface area contributed by atoms with Crippen LogP contribution in [-0.2, 0) is 0 Å². The number of ether oxygens (including phenoxy) is 2. The number of nitrogens with two attached hydrogens (primary N) is 1. The average molecular weight is 261 g/mol. The molecule has 0 aliphatic heterocycles. The van der Waals surface area contributed by atoms with E-state index in [1.165, 1.54) is 31.5 Å². The van der Waals surface area contributed by atoms with Crippen molar-refractivity contribution in [1.29, 1.82) is 0 Å². The van der Waals surface area contributed by atoms with Crippen molar-refractivity contribution in [1.82, 2.24) is 4.98 Å². The fourth-order valence-corrected chi connectivity index (χ4v) is 1.50. The Labute approximate surface area is 108 Å². The van der Waals surface area contributed by atoms with Crippen LogP contribution in [0.25, 0.3) is 0 Å². The van der Waals surface area contributed by atoms with Gasteiger partial charge >= 0.3 is 5.69 Å². The zero-order valence-corrected chi connectivity index (χ0v) is 10.1. The van der Waals surface area contributed by atoms with Gasteiger partial charge in [0.2, 0.25) is 5.75 Å². The lowest BCUT2D eigenvalue weighted by atomic mass is 10.3. The largest absolute Gasteiger partial charge is 0.490 e. The van der Waals surface area contributed by atoms with Crippen LogP contribution >= 0.6 is 0 Å². The molecule has 7 heteroatoms. The number of methoxy groups -OCH3 is 1. The van der Waals surface area contributed by atoms with Crippen molar-refractivity contribution < 1.29 is 14.4 Å². The number of aromatic nitrogens is 1. The zero-order chi connectivity index (χ0) is 13.8. The number of benzene rings is 1. The van der Waals surface area contributed by atoms with Crippen molar-refractivity contribution in [2.45, 2.75) is 0 Å². The maximum absolute atomic E-state index is 10.8. The van der Waals surface area contributed by atoms with Crippen LogP contribution in [0.3, 0.4) is 0 Å². The van der Waals surface area contributed by atoms with Crippen LogP contribution < -0.4 is 15.2 Å². The number of hydrogen-bond donors (Lipinski definition) is 1. The van der Waals surface area contributed by atoms with E-state index in [9.17, 15) is 10.1 Å². The van der Waals surface area contributed by atoms with Gasteiger partial charge < -0.3 is 15.2 Å². The molecule has 2 N–H and O–H groups in total. The predicted octanol–water partition coefficient (Wildman–Crippen LogP) is 2.37. The molecular formula is C12H11N3O4. The summed E-state index contributed by atoms with van der Waals surface area (Å²) in [4.78, 5) is 14.1. The van der Waals surface area contributed by atoms with Gasteiger partial charge in [-0.1, -0.05) is 0 Å². The topological polar surface area (TPSA) is 101 Å². The quantitative estimate of drug-likeness (QED) is 0.669. The lowest BCUT2D eigenvalue weighted by Crippen LogP contribution is -1.95. The minimum atomic E-state index is -0.521. The summed E-state index contributed by atoms with van der Waals surface area (Å²) in [6.07, 6.45) is 1.51. The Bertz CT molecular complexity index is 616. The fourth-order valence-electron chi connectivity index (χ4n) is 1.50. The number of nitrogens with zero attached hydrogens (tertiary/aromatic N) is 2. The number of nitrogen functional groups attached to an aromatic ring is 1. The second-order valence-electron chi connectivity index (χ2n) is 3.61. The first-order chi connectivity index (χ1) is 9.10. The normalized spacial score (nSPS) is 9.95. The minimum Gasteiger partial charge on any atom is -0.490 e. The number of anilines is 1. The average Bonchev–Trinajstić information content (AvgIpc) is 2.38. The molecule has 0 radical (unpaired) electrons. The maximum atomic E-state index is 10.8. The summed E-state index contributed by atoms with van der Waals surface area (Å²) in [5.41, 5.74) is 5.41. The van der Waals surface area contributed by atoms with Crippen molar-refractivity contribution in [3.8, 4) is 17.2 Å². The highest BCUT2D eigenvalue weighted by atomic mass is 16.6. The fraction of sp³-hybridized carbons (Fsp3) is 0.0833. The monoisotopic (exact) mass is 261 g/mol. The molecule has 98 valence electrons. The van der Waals surface area contributed by atoms with Crippen molar-refractivity contribution in [3.05, 3.63) is 46.6 Å². The van der Waals surface area contributed by atoms with E-state index in [-0.39, 0.29) is 11.4 Å². The minimum absolute atomic E-state index is 0.121. The summed E-state index contributed by atoms with van der Waals surface area (Å²) in [5.74, 6) is 1.35. The first-order valence-corrected chi connectivity index (χ1v) is 5.32. The van der Waals surface area contributed by atoms with Crippen LogP contribution in [0.15, 0.2) is 36.5 Å². The molecule has 0 unspecified atom stereocenters. The number of pyridine rings is 1. The SMILES string of the molecule is COc1cc(Oc2ccnc(N)c2)ccc1[N+](=O)[O-]. The Hall–Kier alpha value is -2.83. The lowest BCUT2D eigenvalue weighted by molar-refractivity contribution is -0.385. The highest BCUT2D eigenvalue weighted by molar-refractivity contribution is 5.51. The highest BCUT2D eigenvalue weighted by Crippen LogP contribution is 2.32. The second-order valence-corrected chi connectivity index (χ2v) is 3.61. The van der Waals surface area contributed by atoms with Gasteiger partial charge in [-0.3, -0.25) is 10.1 Å². The third kappa shape index (κ3) is 2.89. The van der Waals surface area contributed by atoms with Gasteiger partial charge in [0.05, 0.1) is 12.0 Å². The molecule has 2 aromatic rings. The van der Waals surface area contributed by atoms with Gasteiger partial charge in [-0.15, -0.1) is 0 Å². The van der Waals surface area contributed by atoms with E-state index in [4.69, 9.17) is 15.2 Å². The zero-order valence-electron chi connectivity index (χ0n) is 10.1. The van der Waals surface area contributed by atoms with Gasteiger partial charge in [-0.25, -0.2) is 4.98 Å². The van der Waals surface area contributed by atoms with E-state index in [1.807, 2.05) is 0 Å². The summed E-state index contributed by atoms with van der Waals surface area (Å²) in [6.45, 7) is 0. The first kappa shape index (κ1) is 12.6. The van der Waals surface area contributed by atoms with E-state index in [0.717, 1.165) is 0 Å². The summed E-state index contributed by atoms with van der Waals surface area (Å²) >= 11 is 0. The summed E-state index contributed by atoms with van der Waals surface area (Å²) in [7, 11) is 1.36. The molecule has 1 aromatic carbocycles. The third-order valence-corrected chi connectivity index (χ3v) is 2.34. The molecule has 7 nitrogen and oxygen atoms in total. The molecule has 0 fully saturated rings. The van der Waals surface area contributed by atoms with Gasteiger partial charge in [0.15, 0.2) is 0 Å². The molecule has 0 saturated carbocycles. The molecule has 19 heavy (non-hydrogen) atoms. The molecule has 1 heterocycles. The molecule has 0 atom stereocenters. The van der Waals surface area contributed by atoms with Crippen LogP contribution in [0.4, 0.5) is 11.5 Å². The number of nitro groups is 1. The van der Waals surface area contributed by atoms with Crippen molar-refractivity contribution in [3.63, 3.8) is 0 Å². The summed E-state index contributed by atoms with van der Waals surface area (Å²) in [6, 6.07) is 7.42. The Kier molecular flexibility index (Phi) is 3.46. The molecule has 2 rings (SSSR count). The number of nitro benzene ring substituents is 1. The standard InChI is InChI=1S/C12H11N3O4/c1-18-11-6-8(2-3-10(11)15(16)17)19-9-4-5-14-12(13)7-9/h2-7H,1H3,(H2,13,14). The van der Waals surface area contributed by atoms with Crippen LogP contribution in [0, 0.1) is 10.1 Å². The summed E-state index contributed by atoms with van der Waals surface area (Å²) in [5, 5.41) is 10.8. The van der Waals surface area contributed by atoms with Crippen molar-refractivity contribution in [2.75, 3.05) is 12.8 Å². The highest BCUT2D eigenvalue weighted by Gasteiger charge is 2.15. The van der Waals surface area contributed by atoms with Crippen LogP contribution in [0.1, 0.15) is 0 Å². The van der Waals surface area contributed by atoms with E-state index in [1.54, 1.807) is 12.1 Å². The molecule has 0 aliphatic rings. The Morgan fingerprint density at radius 2 is 2.00 bits per heavy atom. The van der Waals surface area contributed by atoms with Crippen LogP contribution in [0.5, 0.6) is 17.2 Å². The molecule has 1 aromatic heterocycles.